The zero-order chi connectivity index (χ0) is 20.8. The van der Waals surface area contributed by atoms with Crippen molar-refractivity contribution in [2.45, 2.75) is 39.4 Å². The normalized spacial score (nSPS) is 13.9. The Balaban J connectivity index is 2.31. The number of imidazole rings is 1. The molecule has 0 fully saturated rings. The second kappa shape index (κ2) is 7.18. The highest BCUT2D eigenvalue weighted by atomic mass is 32.2. The number of fused-ring (bicyclic) bond motifs is 1. The lowest BCUT2D eigenvalue weighted by Crippen LogP contribution is -2.27. The minimum Gasteiger partial charge on any atom is -0.591 e. The van der Waals surface area contributed by atoms with Crippen LogP contribution in [0.25, 0.3) is 22.4 Å². The van der Waals surface area contributed by atoms with Gasteiger partial charge in [-0.3, -0.25) is 9.36 Å². The molecule has 0 aliphatic rings. The van der Waals surface area contributed by atoms with Crippen LogP contribution in [0.2, 0.25) is 0 Å². The van der Waals surface area contributed by atoms with Gasteiger partial charge < -0.3 is 9.12 Å². The molecule has 0 bridgehead atoms. The lowest BCUT2D eigenvalue weighted by molar-refractivity contribution is 0.561. The Morgan fingerprint density at radius 2 is 1.93 bits per heavy atom. The molecule has 0 aliphatic heterocycles. The molecule has 0 amide bonds. The van der Waals surface area contributed by atoms with Crippen LogP contribution in [-0.2, 0) is 25.5 Å². The van der Waals surface area contributed by atoms with Crippen molar-refractivity contribution in [3.63, 3.8) is 0 Å². The first kappa shape index (κ1) is 20.3. The van der Waals surface area contributed by atoms with Crippen LogP contribution in [0.3, 0.4) is 0 Å². The molecular formula is C20H25N5O2S. The Labute approximate surface area is 167 Å². The first-order valence-corrected chi connectivity index (χ1v) is 10.1. The number of hydrogen-bond donors (Lipinski definition) is 0. The first-order valence-electron chi connectivity index (χ1n) is 8.96. The van der Waals surface area contributed by atoms with E-state index in [4.69, 9.17) is 4.98 Å². The molecule has 8 heteroatoms. The molecule has 0 N–H and O–H groups in total. The molecule has 2 heterocycles. The van der Waals surface area contributed by atoms with Crippen molar-refractivity contribution in [1.29, 1.82) is 0 Å². The van der Waals surface area contributed by atoms with E-state index in [-0.39, 0.29) is 5.56 Å². The Morgan fingerprint density at radius 1 is 1.25 bits per heavy atom. The molecule has 3 rings (SSSR count). The van der Waals surface area contributed by atoms with Crippen molar-refractivity contribution >= 4 is 28.0 Å². The number of rotatable bonds is 3. The maximum Gasteiger partial charge on any atom is 0.261 e. The molecule has 0 aliphatic carbocycles. The lowest BCUT2D eigenvalue weighted by atomic mass is 10.0. The highest BCUT2D eigenvalue weighted by molar-refractivity contribution is 7.91. The van der Waals surface area contributed by atoms with Gasteiger partial charge in [-0.25, -0.2) is 9.97 Å². The summed E-state index contributed by atoms with van der Waals surface area (Å²) < 4.78 is 19.7. The molecular weight excluding hydrogens is 374 g/mol. The fourth-order valence-electron chi connectivity index (χ4n) is 2.86. The average molecular weight is 400 g/mol. The lowest BCUT2D eigenvalue weighted by Gasteiger charge is -2.19. The zero-order valence-corrected chi connectivity index (χ0v) is 18.1. The third-order valence-electron chi connectivity index (χ3n) is 4.39. The highest BCUT2D eigenvalue weighted by Crippen LogP contribution is 2.24. The van der Waals surface area contributed by atoms with Gasteiger partial charge in [0.1, 0.15) is 21.8 Å². The van der Waals surface area contributed by atoms with Crippen LogP contribution < -0.4 is 5.56 Å². The predicted octanol–water partition coefficient (Wildman–Crippen LogP) is 2.91. The van der Waals surface area contributed by atoms with Crippen LogP contribution in [0.15, 0.2) is 33.8 Å². The fourth-order valence-corrected chi connectivity index (χ4v) is 3.48. The van der Waals surface area contributed by atoms with Crippen LogP contribution >= 0.6 is 0 Å². The quantitative estimate of drug-likeness (QED) is 0.500. The molecule has 1 atom stereocenters. The molecule has 0 radical (unpaired) electrons. The van der Waals surface area contributed by atoms with E-state index in [2.05, 4.69) is 9.38 Å². The molecule has 2 aromatic heterocycles. The summed E-state index contributed by atoms with van der Waals surface area (Å²) in [6.07, 6.45) is 3.48. The van der Waals surface area contributed by atoms with E-state index in [1.54, 1.807) is 24.9 Å². The molecule has 148 valence electrons. The fraction of sp³-hybridized carbons (Fsp3) is 0.400. The van der Waals surface area contributed by atoms with Crippen LogP contribution in [0.1, 0.15) is 38.8 Å². The largest absolute Gasteiger partial charge is 0.591 e. The van der Waals surface area contributed by atoms with Crippen LogP contribution in [0.5, 0.6) is 0 Å². The smallest absolute Gasteiger partial charge is 0.261 e. The number of nitrogens with zero attached hydrogens (tertiary/aromatic N) is 5. The van der Waals surface area contributed by atoms with Crippen molar-refractivity contribution in [1.82, 2.24) is 19.1 Å². The van der Waals surface area contributed by atoms with E-state index in [0.29, 0.717) is 33.7 Å². The Morgan fingerprint density at radius 3 is 2.50 bits per heavy atom. The van der Waals surface area contributed by atoms with Gasteiger partial charge in [-0.1, -0.05) is 4.40 Å². The van der Waals surface area contributed by atoms with Gasteiger partial charge in [-0.05, 0) is 52.3 Å². The minimum atomic E-state index is -1.40. The van der Waals surface area contributed by atoms with Crippen molar-refractivity contribution < 1.29 is 4.55 Å². The third-order valence-corrected chi connectivity index (χ3v) is 5.88. The molecule has 0 spiro atoms. The van der Waals surface area contributed by atoms with Gasteiger partial charge in [-0.2, -0.15) is 0 Å². The summed E-state index contributed by atoms with van der Waals surface area (Å²) in [7, 11) is 3.56. The number of hydrogen-bond acceptors (Lipinski definition) is 5. The summed E-state index contributed by atoms with van der Waals surface area (Å²) in [4.78, 5) is 22.1. The van der Waals surface area contributed by atoms with Crippen molar-refractivity contribution in [2.24, 2.45) is 18.5 Å². The first-order chi connectivity index (χ1) is 13.0. The van der Waals surface area contributed by atoms with Crippen LogP contribution in [0.4, 0.5) is 0 Å². The van der Waals surface area contributed by atoms with Crippen molar-refractivity contribution in [2.75, 3.05) is 0 Å². The van der Waals surface area contributed by atoms with Gasteiger partial charge in [0, 0.05) is 25.9 Å². The predicted molar refractivity (Wildman–Crippen MR) is 114 cm³/mol. The molecule has 0 unspecified atom stereocenters. The number of aromatic nitrogens is 4. The van der Waals surface area contributed by atoms with E-state index in [9.17, 15) is 9.35 Å². The van der Waals surface area contributed by atoms with E-state index < -0.39 is 16.1 Å². The second-order valence-electron chi connectivity index (χ2n) is 7.97. The summed E-state index contributed by atoms with van der Waals surface area (Å²) in [5.41, 5.74) is 3.23. The van der Waals surface area contributed by atoms with E-state index in [0.717, 1.165) is 5.56 Å². The molecule has 0 saturated carbocycles. The van der Waals surface area contributed by atoms with Gasteiger partial charge in [-0.15, -0.1) is 0 Å². The molecule has 7 nitrogen and oxygen atoms in total. The maximum absolute atomic E-state index is 13.0. The Kier molecular flexibility index (Phi) is 5.20. The number of aryl methyl sites for hydroxylation is 2. The molecule has 28 heavy (non-hydrogen) atoms. The van der Waals surface area contributed by atoms with Crippen LogP contribution in [0, 0.1) is 6.92 Å². The summed E-state index contributed by atoms with van der Waals surface area (Å²) in [5.74, 6) is 0.480. The highest BCUT2D eigenvalue weighted by Gasteiger charge is 2.27. The van der Waals surface area contributed by atoms with E-state index >= 15 is 0 Å². The molecule has 3 aromatic rings. The van der Waals surface area contributed by atoms with Gasteiger partial charge in [0.25, 0.3) is 5.56 Å². The Hall–Kier alpha value is -2.45. The van der Waals surface area contributed by atoms with Crippen molar-refractivity contribution in [3.05, 3.63) is 46.1 Å². The summed E-state index contributed by atoms with van der Waals surface area (Å²) >= 11 is -1.40. The summed E-state index contributed by atoms with van der Waals surface area (Å²) in [6.45, 7) is 9.35. The average Bonchev–Trinajstić information content (AvgIpc) is 3.03. The van der Waals surface area contributed by atoms with Crippen LogP contribution in [-0.4, -0.2) is 34.1 Å². The summed E-state index contributed by atoms with van der Waals surface area (Å²) in [6, 6.07) is 3.75. The standard InChI is InChI=1S/C20H25N5O2S/c1-12-8-14(13(2)23-28(27)20(3,4)5)17-15(9-12)19(26)25(7)18(22-17)16-10-24(6)11-21-16/h8-11H,1-7H3/t28-/m1/s1. The van der Waals surface area contributed by atoms with Gasteiger partial charge in [0.2, 0.25) is 0 Å². The SMILES string of the molecule is CC(=N[S@+]([O-])C(C)(C)C)c1cc(C)cc2c(=O)n(C)c(-c3cn(C)cn3)nc12. The van der Waals surface area contributed by atoms with Gasteiger partial charge >= 0.3 is 0 Å². The maximum atomic E-state index is 13.0. The molecule has 0 saturated heterocycles. The second-order valence-corrected chi connectivity index (χ2v) is 9.88. The zero-order valence-electron chi connectivity index (χ0n) is 17.3. The molecule has 1 aromatic carbocycles. The van der Waals surface area contributed by atoms with Gasteiger partial charge in [0.05, 0.1) is 22.9 Å². The number of benzene rings is 1. The third kappa shape index (κ3) is 3.74. The van der Waals surface area contributed by atoms with E-state index in [1.807, 2.05) is 53.1 Å². The topological polar surface area (TPSA) is 88.1 Å². The monoisotopic (exact) mass is 399 g/mol. The van der Waals surface area contributed by atoms with E-state index in [1.165, 1.54) is 4.57 Å². The van der Waals surface area contributed by atoms with Gasteiger partial charge in [0.15, 0.2) is 5.82 Å². The Bertz CT molecular complexity index is 1140. The summed E-state index contributed by atoms with van der Waals surface area (Å²) in [5, 5.41) is 0.508. The van der Waals surface area contributed by atoms with Crippen molar-refractivity contribution in [3.8, 4) is 11.5 Å². The minimum absolute atomic E-state index is 0.152.